The van der Waals surface area contributed by atoms with Gasteiger partial charge in [-0.2, -0.15) is 0 Å². The highest BCUT2D eigenvalue weighted by molar-refractivity contribution is 5.45. The predicted octanol–water partition coefficient (Wildman–Crippen LogP) is -0.0686. The summed E-state index contributed by atoms with van der Waals surface area (Å²) in [4.78, 5) is 2.07. The molecule has 2 aliphatic heterocycles. The molecule has 1 aromatic carbocycles. The largest absolute Gasteiger partial charge is 0.390 e. The average molecular weight is 351 g/mol. The standard InChI is InChI=1S/C18H29N3O4/c1-21(2)13-6-4-12(5-7-13)10-20-15-14-11-24-18(25-14)16(17(15)22)19-8-9-23-3/h4-7,14-20,22H,8-11H2,1-3H3/t14-,15-,16-,17+,18-/m1/s1. The molecule has 3 rings (SSSR count). The summed E-state index contributed by atoms with van der Waals surface area (Å²) in [7, 11) is 5.70. The average Bonchev–Trinajstić information content (AvgIpc) is 3.04. The van der Waals surface area contributed by atoms with Gasteiger partial charge in [0.2, 0.25) is 0 Å². The Hall–Kier alpha value is -1.22. The van der Waals surface area contributed by atoms with Gasteiger partial charge in [-0.1, -0.05) is 12.1 Å². The number of anilines is 1. The van der Waals surface area contributed by atoms with Crippen molar-refractivity contribution >= 4 is 5.69 Å². The molecule has 2 bridgehead atoms. The van der Waals surface area contributed by atoms with Gasteiger partial charge in [0.1, 0.15) is 6.10 Å². The number of benzene rings is 1. The maximum atomic E-state index is 10.8. The monoisotopic (exact) mass is 351 g/mol. The molecule has 0 radical (unpaired) electrons. The second-order valence-electron chi connectivity index (χ2n) is 6.81. The first-order valence-corrected chi connectivity index (χ1v) is 8.77. The van der Waals surface area contributed by atoms with E-state index in [0.717, 1.165) is 0 Å². The van der Waals surface area contributed by atoms with Crippen LogP contribution in [-0.4, -0.2) is 76.7 Å². The van der Waals surface area contributed by atoms with Crippen molar-refractivity contribution in [3.63, 3.8) is 0 Å². The minimum absolute atomic E-state index is 0.124. The van der Waals surface area contributed by atoms with Crippen LogP contribution in [0.4, 0.5) is 5.69 Å². The Morgan fingerprint density at radius 3 is 2.64 bits per heavy atom. The van der Waals surface area contributed by atoms with E-state index in [1.165, 1.54) is 11.3 Å². The first-order chi connectivity index (χ1) is 12.1. The van der Waals surface area contributed by atoms with E-state index >= 15 is 0 Å². The first kappa shape index (κ1) is 18.6. The SMILES string of the molecule is COCCN[C@H]1[C@@H]2OC[C@@H](O2)[C@@H](NCc2ccc(N(C)C)cc2)[C@@H]1O. The van der Waals surface area contributed by atoms with Crippen molar-refractivity contribution in [3.05, 3.63) is 29.8 Å². The van der Waals surface area contributed by atoms with Crippen LogP contribution in [0.25, 0.3) is 0 Å². The Labute approximate surface area is 149 Å². The fourth-order valence-corrected chi connectivity index (χ4v) is 3.37. The van der Waals surface area contributed by atoms with Gasteiger partial charge in [0.05, 0.1) is 31.4 Å². The maximum Gasteiger partial charge on any atom is 0.176 e. The van der Waals surface area contributed by atoms with Gasteiger partial charge in [-0.25, -0.2) is 0 Å². The molecule has 0 aliphatic carbocycles. The summed E-state index contributed by atoms with van der Waals surface area (Å²) in [5, 5.41) is 17.5. The van der Waals surface area contributed by atoms with Gasteiger partial charge >= 0.3 is 0 Å². The molecule has 0 saturated carbocycles. The summed E-state index contributed by atoms with van der Waals surface area (Å²) in [5.41, 5.74) is 2.34. The topological polar surface area (TPSA) is 75.2 Å². The summed E-state index contributed by atoms with van der Waals surface area (Å²) in [6.07, 6.45) is -1.10. The van der Waals surface area contributed by atoms with Gasteiger partial charge in [0.25, 0.3) is 0 Å². The van der Waals surface area contributed by atoms with Crippen LogP contribution in [0.1, 0.15) is 5.56 Å². The van der Waals surface area contributed by atoms with E-state index < -0.39 is 12.4 Å². The fourth-order valence-electron chi connectivity index (χ4n) is 3.37. The van der Waals surface area contributed by atoms with E-state index in [1.807, 2.05) is 14.1 Å². The van der Waals surface area contributed by atoms with Crippen LogP contribution in [-0.2, 0) is 20.8 Å². The molecule has 2 fully saturated rings. The van der Waals surface area contributed by atoms with E-state index in [4.69, 9.17) is 14.2 Å². The molecule has 0 unspecified atom stereocenters. The summed E-state index contributed by atoms with van der Waals surface area (Å²) in [5.74, 6) is 0. The van der Waals surface area contributed by atoms with Crippen molar-refractivity contribution in [2.75, 3.05) is 45.9 Å². The van der Waals surface area contributed by atoms with Crippen LogP contribution in [0.3, 0.4) is 0 Å². The number of aliphatic hydroxyl groups excluding tert-OH is 1. The zero-order chi connectivity index (χ0) is 17.8. The predicted molar refractivity (Wildman–Crippen MR) is 95.7 cm³/mol. The lowest BCUT2D eigenvalue weighted by atomic mass is 9.95. The van der Waals surface area contributed by atoms with Gasteiger partial charge < -0.3 is 34.9 Å². The van der Waals surface area contributed by atoms with Crippen LogP contribution in [0.2, 0.25) is 0 Å². The van der Waals surface area contributed by atoms with Crippen molar-refractivity contribution in [1.82, 2.24) is 10.6 Å². The number of nitrogens with zero attached hydrogens (tertiary/aromatic N) is 1. The van der Waals surface area contributed by atoms with Crippen molar-refractivity contribution in [1.29, 1.82) is 0 Å². The smallest absolute Gasteiger partial charge is 0.176 e. The molecule has 0 amide bonds. The Kier molecular flexibility index (Phi) is 6.27. The van der Waals surface area contributed by atoms with Crippen LogP contribution in [0, 0.1) is 0 Å². The van der Waals surface area contributed by atoms with E-state index in [1.54, 1.807) is 7.11 Å². The minimum atomic E-state index is -0.579. The van der Waals surface area contributed by atoms with Gasteiger partial charge in [0, 0.05) is 40.0 Å². The molecule has 0 aromatic heterocycles. The molecule has 7 nitrogen and oxygen atoms in total. The van der Waals surface area contributed by atoms with E-state index in [-0.39, 0.29) is 18.2 Å². The minimum Gasteiger partial charge on any atom is -0.390 e. The van der Waals surface area contributed by atoms with Crippen LogP contribution in [0.15, 0.2) is 24.3 Å². The zero-order valence-electron chi connectivity index (χ0n) is 15.1. The molecular formula is C18H29N3O4. The van der Waals surface area contributed by atoms with Crippen molar-refractivity contribution in [2.45, 2.75) is 37.1 Å². The van der Waals surface area contributed by atoms with E-state index in [0.29, 0.717) is 26.3 Å². The number of ether oxygens (including phenoxy) is 3. The molecule has 5 atom stereocenters. The fraction of sp³-hybridized carbons (Fsp3) is 0.667. The molecule has 1 aromatic rings. The number of aliphatic hydroxyl groups is 1. The lowest BCUT2D eigenvalue weighted by molar-refractivity contribution is -0.153. The molecule has 2 heterocycles. The van der Waals surface area contributed by atoms with Crippen LogP contribution >= 0.6 is 0 Å². The van der Waals surface area contributed by atoms with Gasteiger partial charge in [-0.05, 0) is 17.7 Å². The Morgan fingerprint density at radius 1 is 1.20 bits per heavy atom. The van der Waals surface area contributed by atoms with Crippen molar-refractivity contribution in [3.8, 4) is 0 Å². The number of hydrogen-bond acceptors (Lipinski definition) is 7. The molecule has 0 spiro atoms. The molecule has 3 N–H and O–H groups in total. The second-order valence-corrected chi connectivity index (χ2v) is 6.81. The lowest BCUT2D eigenvalue weighted by Crippen LogP contribution is -2.63. The molecular weight excluding hydrogens is 322 g/mol. The Balaban J connectivity index is 1.58. The number of nitrogens with one attached hydrogen (secondary N) is 2. The molecule has 140 valence electrons. The number of hydrogen-bond donors (Lipinski definition) is 3. The number of methoxy groups -OCH3 is 1. The summed E-state index contributed by atoms with van der Waals surface area (Å²) >= 11 is 0. The lowest BCUT2D eigenvalue weighted by Gasteiger charge is -2.39. The van der Waals surface area contributed by atoms with Crippen LogP contribution < -0.4 is 15.5 Å². The second kappa shape index (κ2) is 8.44. The first-order valence-electron chi connectivity index (χ1n) is 8.77. The maximum absolute atomic E-state index is 10.8. The third-order valence-electron chi connectivity index (χ3n) is 4.84. The highest BCUT2D eigenvalue weighted by Crippen LogP contribution is 2.28. The van der Waals surface area contributed by atoms with E-state index in [2.05, 4.69) is 39.8 Å². The highest BCUT2D eigenvalue weighted by Gasteiger charge is 2.49. The molecule has 7 heteroatoms. The summed E-state index contributed by atoms with van der Waals surface area (Å²) in [6.45, 7) is 2.40. The Morgan fingerprint density at radius 2 is 1.96 bits per heavy atom. The number of fused-ring (bicyclic) bond motifs is 2. The zero-order valence-corrected chi connectivity index (χ0v) is 15.1. The molecule has 25 heavy (non-hydrogen) atoms. The summed E-state index contributed by atoms with van der Waals surface area (Å²) < 4.78 is 16.7. The molecule has 2 saturated heterocycles. The quantitative estimate of drug-likeness (QED) is 0.566. The third kappa shape index (κ3) is 4.31. The number of rotatable bonds is 8. The van der Waals surface area contributed by atoms with Gasteiger partial charge in [-0.15, -0.1) is 0 Å². The summed E-state index contributed by atoms with van der Waals surface area (Å²) in [6, 6.07) is 7.94. The van der Waals surface area contributed by atoms with Gasteiger partial charge in [0.15, 0.2) is 6.29 Å². The van der Waals surface area contributed by atoms with Gasteiger partial charge in [-0.3, -0.25) is 0 Å². The Bertz CT molecular complexity index is 540. The third-order valence-corrected chi connectivity index (χ3v) is 4.84. The molecule has 2 aliphatic rings. The highest BCUT2D eigenvalue weighted by atomic mass is 16.7. The van der Waals surface area contributed by atoms with Crippen molar-refractivity contribution < 1.29 is 19.3 Å². The van der Waals surface area contributed by atoms with Crippen LogP contribution in [0.5, 0.6) is 0 Å². The van der Waals surface area contributed by atoms with E-state index in [9.17, 15) is 5.11 Å². The normalized spacial score (nSPS) is 31.3. The van der Waals surface area contributed by atoms with Crippen molar-refractivity contribution in [2.24, 2.45) is 0 Å².